The first-order valence-electron chi connectivity index (χ1n) is 4.74. The number of rotatable bonds is 5. The number of carbonyl (C=O) groups is 2. The molecule has 1 rings (SSSR count). The summed E-state index contributed by atoms with van der Waals surface area (Å²) in [5.74, 6) is -1.28. The van der Waals surface area contributed by atoms with E-state index < -0.39 is 11.9 Å². The summed E-state index contributed by atoms with van der Waals surface area (Å²) in [5.41, 5.74) is 0.713. The van der Waals surface area contributed by atoms with Gasteiger partial charge in [0.15, 0.2) is 0 Å². The van der Waals surface area contributed by atoms with Crippen LogP contribution in [0, 0.1) is 0 Å². The van der Waals surface area contributed by atoms with Crippen molar-refractivity contribution in [1.29, 1.82) is 0 Å². The Balaban J connectivity index is 2.46. The number of aliphatic hydroxyl groups excluding tert-OH is 1. The van der Waals surface area contributed by atoms with E-state index in [0.29, 0.717) is 11.3 Å². The van der Waals surface area contributed by atoms with Crippen LogP contribution in [0.4, 0.5) is 0 Å². The van der Waals surface area contributed by atoms with Gasteiger partial charge in [-0.05, 0) is 17.7 Å². The molecule has 0 aliphatic heterocycles. The van der Waals surface area contributed by atoms with Crippen molar-refractivity contribution >= 4 is 11.9 Å². The number of carboxylic acids is 1. The molecule has 1 aromatic rings. The largest absolute Gasteiger partial charge is 0.481 e. The van der Waals surface area contributed by atoms with Crippen molar-refractivity contribution in [2.45, 2.75) is 19.4 Å². The molecule has 0 saturated carbocycles. The Morgan fingerprint density at radius 3 is 2.25 bits per heavy atom. The van der Waals surface area contributed by atoms with Crippen LogP contribution in [0.15, 0.2) is 24.3 Å². The maximum atomic E-state index is 11.1. The summed E-state index contributed by atoms with van der Waals surface area (Å²) in [4.78, 5) is 21.3. The maximum absolute atomic E-state index is 11.1. The Labute approximate surface area is 92.3 Å². The van der Waals surface area contributed by atoms with E-state index in [0.717, 1.165) is 0 Å². The van der Waals surface area contributed by atoms with Crippen LogP contribution in [0.25, 0.3) is 0 Å². The van der Waals surface area contributed by atoms with Crippen LogP contribution in [-0.4, -0.2) is 22.2 Å². The average Bonchev–Trinajstić information content (AvgIpc) is 2.27. The number of carboxylic acid groups (broad SMARTS) is 1. The minimum Gasteiger partial charge on any atom is -0.481 e. The third-order valence-corrected chi connectivity index (χ3v) is 1.88. The highest BCUT2D eigenvalue weighted by atomic mass is 16.5. The van der Waals surface area contributed by atoms with Gasteiger partial charge >= 0.3 is 11.9 Å². The van der Waals surface area contributed by atoms with Crippen LogP contribution in [0.5, 0.6) is 5.75 Å². The number of hydrogen-bond donors (Lipinski definition) is 2. The van der Waals surface area contributed by atoms with E-state index in [2.05, 4.69) is 0 Å². The lowest BCUT2D eigenvalue weighted by Crippen LogP contribution is -2.10. The van der Waals surface area contributed by atoms with Gasteiger partial charge in [0.05, 0.1) is 19.4 Å². The van der Waals surface area contributed by atoms with Gasteiger partial charge in [-0.3, -0.25) is 9.59 Å². The van der Waals surface area contributed by atoms with Crippen molar-refractivity contribution in [3.05, 3.63) is 29.8 Å². The molecule has 0 aliphatic rings. The fourth-order valence-electron chi connectivity index (χ4n) is 1.05. The fourth-order valence-corrected chi connectivity index (χ4v) is 1.05. The number of aliphatic hydroxyl groups is 1. The summed E-state index contributed by atoms with van der Waals surface area (Å²) < 4.78 is 4.88. The number of hydrogen-bond acceptors (Lipinski definition) is 4. The molecule has 0 heterocycles. The lowest BCUT2D eigenvalue weighted by Gasteiger charge is -2.03. The van der Waals surface area contributed by atoms with E-state index in [4.69, 9.17) is 14.9 Å². The van der Waals surface area contributed by atoms with Crippen LogP contribution < -0.4 is 4.74 Å². The molecule has 0 aliphatic carbocycles. The lowest BCUT2D eigenvalue weighted by atomic mass is 10.2. The van der Waals surface area contributed by atoms with Gasteiger partial charge in [-0.2, -0.15) is 0 Å². The molecule has 5 heteroatoms. The first-order valence-corrected chi connectivity index (χ1v) is 4.74. The second-order valence-corrected chi connectivity index (χ2v) is 3.17. The molecule has 2 N–H and O–H groups in total. The van der Waals surface area contributed by atoms with E-state index in [1.807, 2.05) is 0 Å². The minimum atomic E-state index is -1.03. The van der Waals surface area contributed by atoms with Crippen molar-refractivity contribution in [2.24, 2.45) is 0 Å². The van der Waals surface area contributed by atoms with Crippen molar-refractivity contribution in [1.82, 2.24) is 0 Å². The number of carbonyl (C=O) groups excluding carboxylic acids is 1. The molecule has 86 valence electrons. The SMILES string of the molecule is O=C(O)CCC(=O)Oc1ccc(CO)cc1. The van der Waals surface area contributed by atoms with Crippen molar-refractivity contribution in [2.75, 3.05) is 0 Å². The van der Waals surface area contributed by atoms with Gasteiger partial charge in [-0.25, -0.2) is 0 Å². The van der Waals surface area contributed by atoms with Crippen molar-refractivity contribution in [3.8, 4) is 5.75 Å². The van der Waals surface area contributed by atoms with Crippen molar-refractivity contribution in [3.63, 3.8) is 0 Å². The van der Waals surface area contributed by atoms with Gasteiger partial charge < -0.3 is 14.9 Å². The van der Waals surface area contributed by atoms with Crippen LogP contribution in [0.2, 0.25) is 0 Å². The van der Waals surface area contributed by atoms with E-state index >= 15 is 0 Å². The highest BCUT2D eigenvalue weighted by molar-refractivity contribution is 5.78. The number of benzene rings is 1. The second kappa shape index (κ2) is 5.87. The van der Waals surface area contributed by atoms with Gasteiger partial charge in [0.2, 0.25) is 0 Å². The summed E-state index contributed by atoms with van der Waals surface area (Å²) in [6.45, 7) is -0.0762. The molecule has 5 nitrogen and oxygen atoms in total. The maximum Gasteiger partial charge on any atom is 0.311 e. The summed E-state index contributed by atoms with van der Waals surface area (Å²) in [6.07, 6.45) is -0.398. The van der Waals surface area contributed by atoms with Crippen LogP contribution in [0.3, 0.4) is 0 Å². The Morgan fingerprint density at radius 1 is 1.12 bits per heavy atom. The number of aliphatic carboxylic acids is 1. The molecule has 0 bridgehead atoms. The van der Waals surface area contributed by atoms with Gasteiger partial charge in [0, 0.05) is 0 Å². The first kappa shape index (κ1) is 12.2. The van der Waals surface area contributed by atoms with E-state index in [-0.39, 0.29) is 19.4 Å². The zero-order valence-electron chi connectivity index (χ0n) is 8.55. The highest BCUT2D eigenvalue weighted by Crippen LogP contribution is 2.13. The molecule has 0 amide bonds. The monoisotopic (exact) mass is 224 g/mol. The van der Waals surface area contributed by atoms with Crippen molar-refractivity contribution < 1.29 is 24.5 Å². The van der Waals surface area contributed by atoms with E-state index in [1.165, 1.54) is 0 Å². The van der Waals surface area contributed by atoms with Gasteiger partial charge in [0.25, 0.3) is 0 Å². The van der Waals surface area contributed by atoms with Crippen LogP contribution in [0.1, 0.15) is 18.4 Å². The summed E-state index contributed by atoms with van der Waals surface area (Å²) in [6, 6.07) is 6.34. The predicted octanol–water partition coefficient (Wildman–Crippen LogP) is 0.949. The Kier molecular flexibility index (Phi) is 4.47. The third-order valence-electron chi connectivity index (χ3n) is 1.88. The fraction of sp³-hybridized carbons (Fsp3) is 0.273. The summed E-state index contributed by atoms with van der Waals surface area (Å²) in [5, 5.41) is 17.1. The van der Waals surface area contributed by atoms with Crippen LogP contribution >= 0.6 is 0 Å². The van der Waals surface area contributed by atoms with Crippen LogP contribution in [-0.2, 0) is 16.2 Å². The average molecular weight is 224 g/mol. The smallest absolute Gasteiger partial charge is 0.311 e. The minimum absolute atomic E-state index is 0.0762. The Morgan fingerprint density at radius 2 is 1.75 bits per heavy atom. The Hall–Kier alpha value is -1.88. The predicted molar refractivity (Wildman–Crippen MR) is 54.9 cm³/mol. The molecular weight excluding hydrogens is 212 g/mol. The highest BCUT2D eigenvalue weighted by Gasteiger charge is 2.07. The van der Waals surface area contributed by atoms with Gasteiger partial charge in [0.1, 0.15) is 5.75 Å². The van der Waals surface area contributed by atoms with E-state index in [9.17, 15) is 9.59 Å². The standard InChI is InChI=1S/C11H12O5/c12-7-8-1-3-9(4-2-8)16-11(15)6-5-10(13)14/h1-4,12H,5-7H2,(H,13,14). The molecule has 16 heavy (non-hydrogen) atoms. The van der Waals surface area contributed by atoms with Gasteiger partial charge in [-0.15, -0.1) is 0 Å². The topological polar surface area (TPSA) is 83.8 Å². The molecule has 0 aromatic heterocycles. The quantitative estimate of drug-likeness (QED) is 0.574. The first-order chi connectivity index (χ1) is 7.61. The number of ether oxygens (including phenoxy) is 1. The third kappa shape index (κ3) is 4.10. The lowest BCUT2D eigenvalue weighted by molar-refractivity contribution is -0.142. The van der Waals surface area contributed by atoms with Gasteiger partial charge in [-0.1, -0.05) is 12.1 Å². The molecule has 0 unspecified atom stereocenters. The molecular formula is C11H12O5. The summed E-state index contributed by atoms with van der Waals surface area (Å²) >= 11 is 0. The molecule has 0 saturated heterocycles. The molecule has 1 aromatic carbocycles. The molecule has 0 spiro atoms. The molecule has 0 atom stereocenters. The Bertz CT molecular complexity index is 368. The summed E-state index contributed by atoms with van der Waals surface area (Å²) in [7, 11) is 0. The normalized spacial score (nSPS) is 9.81. The molecule has 0 radical (unpaired) electrons. The zero-order valence-corrected chi connectivity index (χ0v) is 8.55. The second-order valence-electron chi connectivity index (χ2n) is 3.17. The zero-order chi connectivity index (χ0) is 12.0. The number of esters is 1. The molecule has 0 fully saturated rings. The van der Waals surface area contributed by atoms with E-state index in [1.54, 1.807) is 24.3 Å².